The van der Waals surface area contributed by atoms with Crippen molar-refractivity contribution < 1.29 is 13.2 Å². The molecule has 0 aliphatic carbocycles. The molecule has 0 saturated carbocycles. The molecule has 0 spiro atoms. The van der Waals surface area contributed by atoms with Gasteiger partial charge in [0.25, 0.3) is 10.0 Å². The minimum absolute atomic E-state index is 0.0568. The molecule has 0 aliphatic rings. The number of rotatable bonds is 5. The van der Waals surface area contributed by atoms with Crippen LogP contribution < -0.4 is 14.8 Å². The second-order valence-corrected chi connectivity index (χ2v) is 8.80. The molecule has 0 fully saturated rings. The van der Waals surface area contributed by atoms with Gasteiger partial charge in [-0.25, -0.2) is 8.42 Å². The van der Waals surface area contributed by atoms with Crippen LogP contribution in [0.25, 0.3) is 0 Å². The molecule has 136 valence electrons. The lowest BCUT2D eigenvalue weighted by atomic mass is 10.1. The zero-order valence-electron chi connectivity index (χ0n) is 15.6. The number of benzene rings is 2. The maximum Gasteiger partial charge on any atom is 0.262 e. The molecule has 2 rings (SSSR count). The van der Waals surface area contributed by atoms with Crippen LogP contribution in [-0.2, 0) is 10.0 Å². The first-order valence-corrected chi connectivity index (χ1v) is 9.56. The van der Waals surface area contributed by atoms with E-state index in [1.54, 1.807) is 38.3 Å². The van der Waals surface area contributed by atoms with Gasteiger partial charge in [0, 0.05) is 16.9 Å². The Hall–Kier alpha value is -2.21. The Kier molecular flexibility index (Phi) is 5.32. The molecule has 0 atom stereocenters. The summed E-state index contributed by atoms with van der Waals surface area (Å²) >= 11 is 0. The van der Waals surface area contributed by atoms with Gasteiger partial charge >= 0.3 is 0 Å². The molecule has 0 unspecified atom stereocenters. The van der Waals surface area contributed by atoms with Gasteiger partial charge in [-0.1, -0.05) is 0 Å². The lowest BCUT2D eigenvalue weighted by Crippen LogP contribution is -2.25. The van der Waals surface area contributed by atoms with Crippen LogP contribution in [0.3, 0.4) is 0 Å². The molecule has 5 nitrogen and oxygen atoms in total. The normalized spacial score (nSPS) is 11.9. The van der Waals surface area contributed by atoms with E-state index in [-0.39, 0.29) is 10.4 Å². The molecule has 0 saturated heterocycles. The van der Waals surface area contributed by atoms with Crippen LogP contribution in [-0.4, -0.2) is 21.1 Å². The van der Waals surface area contributed by atoms with Crippen molar-refractivity contribution in [1.29, 1.82) is 0 Å². The third-order valence-corrected chi connectivity index (χ3v) is 5.16. The smallest absolute Gasteiger partial charge is 0.262 e. The van der Waals surface area contributed by atoms with Crippen LogP contribution in [0.2, 0.25) is 0 Å². The highest BCUT2D eigenvalue weighted by Gasteiger charge is 2.19. The number of hydrogen-bond acceptors (Lipinski definition) is 4. The molecular weight excluding hydrogens is 336 g/mol. The zero-order chi connectivity index (χ0) is 18.8. The molecule has 2 aromatic carbocycles. The maximum absolute atomic E-state index is 12.7. The standard InChI is InChI=1S/C19H26N2O3S/c1-13-12-18(14(2)11-17(13)24-6)25(22,23)21-16-9-7-15(8-10-16)20-19(3,4)5/h7-12,20-21H,1-6H3. The van der Waals surface area contributed by atoms with Crippen molar-refractivity contribution >= 4 is 21.4 Å². The van der Waals surface area contributed by atoms with E-state index in [1.807, 2.05) is 19.1 Å². The topological polar surface area (TPSA) is 67.4 Å². The Balaban J connectivity index is 2.26. The highest BCUT2D eigenvalue weighted by atomic mass is 32.2. The molecule has 2 N–H and O–H groups in total. The number of hydrogen-bond donors (Lipinski definition) is 2. The summed E-state index contributed by atoms with van der Waals surface area (Å²) in [4.78, 5) is 0.252. The van der Waals surface area contributed by atoms with E-state index in [9.17, 15) is 8.42 Å². The third-order valence-electron chi connectivity index (χ3n) is 3.64. The fourth-order valence-electron chi connectivity index (χ4n) is 2.54. The van der Waals surface area contributed by atoms with Crippen molar-refractivity contribution in [2.45, 2.75) is 45.1 Å². The van der Waals surface area contributed by atoms with Gasteiger partial charge in [-0.3, -0.25) is 4.72 Å². The average molecular weight is 362 g/mol. The van der Waals surface area contributed by atoms with Gasteiger partial charge in [-0.05, 0) is 82.1 Å². The minimum atomic E-state index is -3.67. The lowest BCUT2D eigenvalue weighted by molar-refractivity contribution is 0.411. The van der Waals surface area contributed by atoms with Gasteiger partial charge < -0.3 is 10.1 Å². The fourth-order valence-corrected chi connectivity index (χ4v) is 3.91. The average Bonchev–Trinajstić information content (AvgIpc) is 2.49. The molecule has 0 aliphatic heterocycles. The van der Waals surface area contributed by atoms with E-state index in [0.717, 1.165) is 11.3 Å². The van der Waals surface area contributed by atoms with Crippen LogP contribution in [0.4, 0.5) is 11.4 Å². The van der Waals surface area contributed by atoms with Gasteiger partial charge in [-0.15, -0.1) is 0 Å². The number of sulfonamides is 1. The molecule has 0 heterocycles. The van der Waals surface area contributed by atoms with E-state index < -0.39 is 10.0 Å². The quantitative estimate of drug-likeness (QED) is 0.831. The first-order chi connectivity index (χ1) is 11.5. The Bertz CT molecular complexity index is 851. The van der Waals surface area contributed by atoms with Gasteiger partial charge in [-0.2, -0.15) is 0 Å². The van der Waals surface area contributed by atoms with Crippen LogP contribution in [0, 0.1) is 13.8 Å². The van der Waals surface area contributed by atoms with Crippen molar-refractivity contribution in [2.75, 3.05) is 17.1 Å². The molecule has 6 heteroatoms. The van der Waals surface area contributed by atoms with E-state index in [4.69, 9.17) is 4.74 Å². The molecule has 0 aromatic heterocycles. The molecule has 2 aromatic rings. The summed E-state index contributed by atoms with van der Waals surface area (Å²) in [6.45, 7) is 9.78. The Morgan fingerprint density at radius 2 is 1.48 bits per heavy atom. The summed E-state index contributed by atoms with van der Waals surface area (Å²) in [5.41, 5.74) is 2.82. The van der Waals surface area contributed by atoms with Crippen molar-refractivity contribution in [3.05, 3.63) is 47.5 Å². The van der Waals surface area contributed by atoms with Crippen LogP contribution in [0.15, 0.2) is 41.3 Å². The fraction of sp³-hybridized carbons (Fsp3) is 0.368. The SMILES string of the molecule is COc1cc(C)c(S(=O)(=O)Nc2ccc(NC(C)(C)C)cc2)cc1C. The second-order valence-electron chi connectivity index (χ2n) is 7.15. The second kappa shape index (κ2) is 6.96. The van der Waals surface area contributed by atoms with E-state index >= 15 is 0 Å². The molecular formula is C19H26N2O3S. The van der Waals surface area contributed by atoms with Gasteiger partial charge in [0.2, 0.25) is 0 Å². The molecule has 0 bridgehead atoms. The van der Waals surface area contributed by atoms with Crippen LogP contribution in [0.5, 0.6) is 5.75 Å². The Labute approximate surface area is 150 Å². The first kappa shape index (κ1) is 19.1. The number of anilines is 2. The summed E-state index contributed by atoms with van der Waals surface area (Å²) in [5.74, 6) is 0.675. The monoisotopic (exact) mass is 362 g/mol. The Morgan fingerprint density at radius 3 is 2.00 bits per heavy atom. The van der Waals surface area contributed by atoms with Crippen molar-refractivity contribution in [1.82, 2.24) is 0 Å². The molecule has 0 amide bonds. The van der Waals surface area contributed by atoms with Gasteiger partial charge in [0.05, 0.1) is 12.0 Å². The summed E-state index contributed by atoms with van der Waals surface area (Å²) in [5, 5.41) is 3.34. The number of methoxy groups -OCH3 is 1. The highest BCUT2D eigenvalue weighted by Crippen LogP contribution is 2.27. The molecule has 0 radical (unpaired) electrons. The number of nitrogens with one attached hydrogen (secondary N) is 2. The van der Waals surface area contributed by atoms with E-state index in [1.165, 1.54) is 0 Å². The van der Waals surface area contributed by atoms with Crippen LogP contribution in [0.1, 0.15) is 31.9 Å². The minimum Gasteiger partial charge on any atom is -0.496 e. The highest BCUT2D eigenvalue weighted by molar-refractivity contribution is 7.92. The van der Waals surface area contributed by atoms with Crippen molar-refractivity contribution in [3.8, 4) is 5.75 Å². The first-order valence-electron chi connectivity index (χ1n) is 8.08. The summed E-state index contributed by atoms with van der Waals surface area (Å²) in [6.07, 6.45) is 0. The number of ether oxygens (including phenoxy) is 1. The summed E-state index contributed by atoms with van der Waals surface area (Å²) in [6, 6.07) is 10.6. The predicted octanol–water partition coefficient (Wildman–Crippen LogP) is 4.32. The zero-order valence-corrected chi connectivity index (χ0v) is 16.4. The van der Waals surface area contributed by atoms with E-state index in [0.29, 0.717) is 17.0 Å². The molecule has 25 heavy (non-hydrogen) atoms. The largest absolute Gasteiger partial charge is 0.496 e. The predicted molar refractivity (Wildman–Crippen MR) is 103 cm³/mol. The summed E-state index contributed by atoms with van der Waals surface area (Å²) in [7, 11) is -2.09. The Morgan fingerprint density at radius 1 is 0.920 bits per heavy atom. The van der Waals surface area contributed by atoms with Gasteiger partial charge in [0.15, 0.2) is 0 Å². The summed E-state index contributed by atoms with van der Waals surface area (Å²) < 4.78 is 33.3. The number of aryl methyl sites for hydroxylation is 2. The van der Waals surface area contributed by atoms with Crippen LogP contribution >= 0.6 is 0 Å². The maximum atomic E-state index is 12.7. The van der Waals surface area contributed by atoms with Crippen molar-refractivity contribution in [3.63, 3.8) is 0 Å². The van der Waals surface area contributed by atoms with Crippen molar-refractivity contribution in [2.24, 2.45) is 0 Å². The van der Waals surface area contributed by atoms with E-state index in [2.05, 4.69) is 30.8 Å². The lowest BCUT2D eigenvalue weighted by Gasteiger charge is -2.22. The third kappa shape index (κ3) is 4.89. The van der Waals surface area contributed by atoms with Gasteiger partial charge in [0.1, 0.15) is 5.75 Å².